The van der Waals surface area contributed by atoms with Gasteiger partial charge in [-0.1, -0.05) is 42.5 Å². The smallest absolute Gasteiger partial charge is 0.339 e. The molecular formula is C15H14O3S. The molecule has 0 radical (unpaired) electrons. The minimum atomic E-state index is -3.81. The van der Waals surface area contributed by atoms with Crippen LogP contribution in [-0.4, -0.2) is 8.42 Å². The molecule has 0 aliphatic rings. The van der Waals surface area contributed by atoms with Crippen molar-refractivity contribution in [2.45, 2.75) is 11.3 Å². The highest BCUT2D eigenvalue weighted by molar-refractivity contribution is 7.87. The average molecular weight is 274 g/mol. The third-order valence-corrected chi connectivity index (χ3v) is 3.90. The van der Waals surface area contributed by atoms with Crippen molar-refractivity contribution < 1.29 is 12.6 Å². The van der Waals surface area contributed by atoms with Crippen molar-refractivity contribution in [3.8, 4) is 5.75 Å². The predicted molar refractivity (Wildman–Crippen MR) is 74.6 cm³/mol. The summed E-state index contributed by atoms with van der Waals surface area (Å²) in [6.45, 7) is 3.63. The van der Waals surface area contributed by atoms with Crippen molar-refractivity contribution in [2.75, 3.05) is 0 Å². The second kappa shape index (κ2) is 5.71. The Morgan fingerprint density at radius 2 is 1.63 bits per heavy atom. The van der Waals surface area contributed by atoms with Gasteiger partial charge in [0.25, 0.3) is 0 Å². The van der Waals surface area contributed by atoms with Gasteiger partial charge in [-0.3, -0.25) is 0 Å². The van der Waals surface area contributed by atoms with Crippen molar-refractivity contribution in [2.24, 2.45) is 0 Å². The Morgan fingerprint density at radius 3 is 2.32 bits per heavy atom. The SMILES string of the molecule is C=CCc1ccccc1S(=O)(=O)Oc1ccccc1. The minimum absolute atomic E-state index is 0.179. The van der Waals surface area contributed by atoms with Crippen LogP contribution < -0.4 is 4.18 Å². The molecule has 0 saturated carbocycles. The molecule has 0 fully saturated rings. The lowest BCUT2D eigenvalue weighted by Gasteiger charge is -2.10. The largest absolute Gasteiger partial charge is 0.379 e. The Hall–Kier alpha value is -2.07. The second-order valence-corrected chi connectivity index (χ2v) is 5.47. The lowest BCUT2D eigenvalue weighted by Crippen LogP contribution is -2.12. The summed E-state index contributed by atoms with van der Waals surface area (Å²) in [6.07, 6.45) is 2.14. The number of rotatable bonds is 5. The van der Waals surface area contributed by atoms with Crippen molar-refractivity contribution >= 4 is 10.1 Å². The summed E-state index contributed by atoms with van der Waals surface area (Å²) in [5.41, 5.74) is 0.674. The molecule has 0 atom stereocenters. The Labute approximate surface area is 113 Å². The topological polar surface area (TPSA) is 43.4 Å². The molecule has 0 aromatic heterocycles. The summed E-state index contributed by atoms with van der Waals surface area (Å²) in [4.78, 5) is 0.179. The summed E-state index contributed by atoms with van der Waals surface area (Å²) in [7, 11) is -3.81. The minimum Gasteiger partial charge on any atom is -0.379 e. The lowest BCUT2D eigenvalue weighted by molar-refractivity contribution is 0.485. The van der Waals surface area contributed by atoms with Gasteiger partial charge in [0.2, 0.25) is 0 Å². The molecule has 0 aliphatic heterocycles. The molecule has 0 heterocycles. The van der Waals surface area contributed by atoms with Gasteiger partial charge in [-0.15, -0.1) is 6.58 Å². The van der Waals surface area contributed by atoms with Gasteiger partial charge in [0.05, 0.1) is 0 Å². The van der Waals surface area contributed by atoms with Crippen LogP contribution in [0.25, 0.3) is 0 Å². The van der Waals surface area contributed by atoms with Crippen LogP contribution in [-0.2, 0) is 16.5 Å². The molecule has 98 valence electrons. The predicted octanol–water partition coefficient (Wildman–Crippen LogP) is 3.18. The van der Waals surface area contributed by atoms with Gasteiger partial charge in [-0.25, -0.2) is 0 Å². The van der Waals surface area contributed by atoms with Crippen LogP contribution in [0.5, 0.6) is 5.75 Å². The molecular weight excluding hydrogens is 260 g/mol. The quantitative estimate of drug-likeness (QED) is 0.621. The molecule has 0 bridgehead atoms. The van der Waals surface area contributed by atoms with E-state index in [1.807, 2.05) is 0 Å². The second-order valence-electron chi connectivity index (χ2n) is 3.95. The van der Waals surface area contributed by atoms with Gasteiger partial charge in [0.15, 0.2) is 0 Å². The van der Waals surface area contributed by atoms with Crippen LogP contribution in [0.4, 0.5) is 0 Å². The fourth-order valence-corrected chi connectivity index (χ4v) is 2.89. The number of para-hydroxylation sites is 1. The molecule has 0 spiro atoms. The summed E-state index contributed by atoms with van der Waals surface area (Å²) in [5.74, 6) is 0.302. The van der Waals surface area contributed by atoms with Gasteiger partial charge in [0.1, 0.15) is 10.6 Å². The third kappa shape index (κ3) is 3.23. The number of hydrogen-bond acceptors (Lipinski definition) is 3. The number of allylic oxidation sites excluding steroid dienone is 1. The zero-order valence-corrected chi connectivity index (χ0v) is 11.1. The molecule has 2 aromatic carbocycles. The van der Waals surface area contributed by atoms with E-state index in [4.69, 9.17) is 4.18 Å². The van der Waals surface area contributed by atoms with Crippen LogP contribution in [0.2, 0.25) is 0 Å². The van der Waals surface area contributed by atoms with E-state index in [1.165, 1.54) is 6.07 Å². The maximum absolute atomic E-state index is 12.2. The van der Waals surface area contributed by atoms with Crippen LogP contribution in [0.1, 0.15) is 5.56 Å². The normalized spacial score (nSPS) is 10.9. The fourth-order valence-electron chi connectivity index (χ4n) is 1.72. The van der Waals surface area contributed by atoms with Crippen molar-refractivity contribution in [3.05, 3.63) is 72.8 Å². The third-order valence-electron chi connectivity index (χ3n) is 2.56. The van der Waals surface area contributed by atoms with Gasteiger partial charge in [-0.05, 0) is 30.2 Å². The first-order valence-corrected chi connectivity index (χ1v) is 7.22. The van der Waals surface area contributed by atoms with Gasteiger partial charge < -0.3 is 4.18 Å². The first kappa shape index (κ1) is 13.4. The van der Waals surface area contributed by atoms with E-state index >= 15 is 0 Å². The van der Waals surface area contributed by atoms with E-state index in [1.54, 1.807) is 54.6 Å². The summed E-state index contributed by atoms with van der Waals surface area (Å²) in [6, 6.07) is 15.2. The Bertz CT molecular complexity index is 661. The summed E-state index contributed by atoms with van der Waals surface area (Å²) in [5, 5.41) is 0. The van der Waals surface area contributed by atoms with E-state index in [0.29, 0.717) is 17.7 Å². The van der Waals surface area contributed by atoms with Gasteiger partial charge in [0, 0.05) is 0 Å². The van der Waals surface area contributed by atoms with Gasteiger partial charge in [-0.2, -0.15) is 8.42 Å². The van der Waals surface area contributed by atoms with Crippen LogP contribution in [0.15, 0.2) is 72.1 Å². The van der Waals surface area contributed by atoms with E-state index in [0.717, 1.165) is 0 Å². The van der Waals surface area contributed by atoms with Crippen LogP contribution in [0, 0.1) is 0 Å². The summed E-state index contributed by atoms with van der Waals surface area (Å²) >= 11 is 0. The van der Waals surface area contributed by atoms with E-state index < -0.39 is 10.1 Å². The molecule has 4 heteroatoms. The standard InChI is InChI=1S/C15H14O3S/c1-2-8-13-9-6-7-12-15(13)19(16,17)18-14-10-4-3-5-11-14/h2-7,9-12H,1,8H2. The fraction of sp³-hybridized carbons (Fsp3) is 0.0667. The van der Waals surface area contributed by atoms with Crippen LogP contribution in [0.3, 0.4) is 0 Å². The van der Waals surface area contributed by atoms with E-state index in [2.05, 4.69) is 6.58 Å². The Kier molecular flexibility index (Phi) is 4.02. The highest BCUT2D eigenvalue weighted by Crippen LogP contribution is 2.21. The zero-order valence-electron chi connectivity index (χ0n) is 10.3. The molecule has 0 aliphatic carbocycles. The van der Waals surface area contributed by atoms with Gasteiger partial charge >= 0.3 is 10.1 Å². The highest BCUT2D eigenvalue weighted by Gasteiger charge is 2.19. The number of benzene rings is 2. The van der Waals surface area contributed by atoms with Crippen molar-refractivity contribution in [3.63, 3.8) is 0 Å². The summed E-state index contributed by atoms with van der Waals surface area (Å²) < 4.78 is 29.6. The highest BCUT2D eigenvalue weighted by atomic mass is 32.2. The van der Waals surface area contributed by atoms with E-state index in [-0.39, 0.29) is 4.90 Å². The molecule has 19 heavy (non-hydrogen) atoms. The monoisotopic (exact) mass is 274 g/mol. The molecule has 0 saturated heterocycles. The average Bonchev–Trinajstić information content (AvgIpc) is 2.40. The Balaban J connectivity index is 2.37. The first-order valence-electron chi connectivity index (χ1n) is 5.82. The zero-order chi connectivity index (χ0) is 13.7. The number of hydrogen-bond donors (Lipinski definition) is 0. The molecule has 3 nitrogen and oxygen atoms in total. The first-order chi connectivity index (χ1) is 9.13. The maximum Gasteiger partial charge on any atom is 0.339 e. The molecule has 0 N–H and O–H groups in total. The molecule has 2 aromatic rings. The molecule has 0 unspecified atom stereocenters. The van der Waals surface area contributed by atoms with Crippen LogP contribution >= 0.6 is 0 Å². The van der Waals surface area contributed by atoms with Crippen molar-refractivity contribution in [1.29, 1.82) is 0 Å². The van der Waals surface area contributed by atoms with Crippen molar-refractivity contribution in [1.82, 2.24) is 0 Å². The van der Waals surface area contributed by atoms with E-state index in [9.17, 15) is 8.42 Å². The lowest BCUT2D eigenvalue weighted by atomic mass is 10.1. The maximum atomic E-state index is 12.2. The molecule has 2 rings (SSSR count). The molecule has 0 amide bonds. The Morgan fingerprint density at radius 1 is 1.00 bits per heavy atom.